The third kappa shape index (κ3) is 4.98. The molecule has 0 unspecified atom stereocenters. The average Bonchev–Trinajstić information content (AvgIpc) is 2.97. The number of ether oxygens (including phenoxy) is 2. The van der Waals surface area contributed by atoms with Crippen molar-refractivity contribution in [1.29, 1.82) is 0 Å². The molecule has 1 saturated heterocycles. The quantitative estimate of drug-likeness (QED) is 0.578. The van der Waals surface area contributed by atoms with Crippen molar-refractivity contribution in [2.75, 3.05) is 7.11 Å². The molecule has 1 heterocycles. The van der Waals surface area contributed by atoms with Crippen LogP contribution >= 0.6 is 11.8 Å². The van der Waals surface area contributed by atoms with Crippen molar-refractivity contribution in [3.63, 3.8) is 0 Å². The molecule has 1 aliphatic heterocycles. The predicted molar refractivity (Wildman–Crippen MR) is 111 cm³/mol. The summed E-state index contributed by atoms with van der Waals surface area (Å²) in [6.45, 7) is 4.12. The van der Waals surface area contributed by atoms with E-state index in [0.29, 0.717) is 22.0 Å². The molecule has 0 radical (unpaired) electrons. The molecule has 3 rings (SSSR count). The molecule has 5 nitrogen and oxygen atoms in total. The molecular formula is C22H22FNO4S. The van der Waals surface area contributed by atoms with Crippen molar-refractivity contribution in [2.45, 2.75) is 32.9 Å². The number of rotatable bonds is 7. The summed E-state index contributed by atoms with van der Waals surface area (Å²) in [6.07, 6.45) is 2.58. The number of carbonyl (C=O) groups is 2. The van der Waals surface area contributed by atoms with Gasteiger partial charge in [-0.2, -0.15) is 0 Å². The first-order valence-corrected chi connectivity index (χ1v) is 10.1. The number of hydrogen-bond donors (Lipinski definition) is 0. The van der Waals surface area contributed by atoms with Crippen LogP contribution in [0.25, 0.3) is 6.08 Å². The lowest BCUT2D eigenvalue weighted by Crippen LogP contribution is -2.27. The Bertz CT molecular complexity index is 942. The van der Waals surface area contributed by atoms with E-state index in [0.717, 1.165) is 28.6 Å². The second-order valence-electron chi connectivity index (χ2n) is 6.64. The van der Waals surface area contributed by atoms with Gasteiger partial charge in [-0.15, -0.1) is 0 Å². The van der Waals surface area contributed by atoms with E-state index in [-0.39, 0.29) is 29.6 Å². The number of halogens is 1. The lowest BCUT2D eigenvalue weighted by molar-refractivity contribution is -0.123. The SMILES string of the molecule is CC[C@H](C)Oc1ccc(/C=C2\SC(=O)N(Cc3ccc(F)cc3)C2=O)cc1OC. The molecule has 29 heavy (non-hydrogen) atoms. The van der Waals surface area contributed by atoms with Crippen LogP contribution in [0.2, 0.25) is 0 Å². The molecule has 1 aliphatic rings. The maximum absolute atomic E-state index is 13.1. The molecule has 2 amide bonds. The third-order valence-corrected chi connectivity index (χ3v) is 5.42. The van der Waals surface area contributed by atoms with Crippen LogP contribution in [0.15, 0.2) is 47.4 Å². The molecule has 2 aromatic rings. The fourth-order valence-electron chi connectivity index (χ4n) is 2.73. The number of hydrogen-bond acceptors (Lipinski definition) is 5. The molecule has 0 aliphatic carbocycles. The summed E-state index contributed by atoms with van der Waals surface area (Å²) in [6, 6.07) is 11.1. The van der Waals surface area contributed by atoms with Crippen molar-refractivity contribution in [3.8, 4) is 11.5 Å². The van der Waals surface area contributed by atoms with Crippen LogP contribution in [0.4, 0.5) is 9.18 Å². The van der Waals surface area contributed by atoms with E-state index < -0.39 is 0 Å². The molecule has 2 aromatic carbocycles. The summed E-state index contributed by atoms with van der Waals surface area (Å²) in [4.78, 5) is 26.5. The third-order valence-electron chi connectivity index (χ3n) is 4.52. The lowest BCUT2D eigenvalue weighted by Gasteiger charge is -2.15. The first-order chi connectivity index (χ1) is 13.9. The van der Waals surface area contributed by atoms with Gasteiger partial charge in [0, 0.05) is 0 Å². The van der Waals surface area contributed by atoms with Gasteiger partial charge in [0.05, 0.1) is 24.7 Å². The number of imide groups is 1. The second kappa shape index (κ2) is 9.13. The van der Waals surface area contributed by atoms with Crippen LogP contribution < -0.4 is 9.47 Å². The van der Waals surface area contributed by atoms with Crippen molar-refractivity contribution >= 4 is 29.0 Å². The molecule has 0 bridgehead atoms. The minimum absolute atomic E-state index is 0.0534. The van der Waals surface area contributed by atoms with Gasteiger partial charge in [-0.05, 0) is 66.6 Å². The Hall–Kier alpha value is -2.80. The smallest absolute Gasteiger partial charge is 0.293 e. The monoisotopic (exact) mass is 415 g/mol. The number of benzene rings is 2. The molecule has 0 spiro atoms. The minimum atomic E-state index is -0.372. The Morgan fingerprint density at radius 3 is 2.52 bits per heavy atom. The molecule has 1 atom stereocenters. The fourth-order valence-corrected chi connectivity index (χ4v) is 3.57. The predicted octanol–water partition coefficient (Wildman–Crippen LogP) is 5.25. The van der Waals surface area contributed by atoms with E-state index in [1.165, 1.54) is 12.1 Å². The molecule has 0 saturated carbocycles. The second-order valence-corrected chi connectivity index (χ2v) is 7.63. The highest BCUT2D eigenvalue weighted by Gasteiger charge is 2.35. The average molecular weight is 415 g/mol. The van der Waals surface area contributed by atoms with Gasteiger partial charge < -0.3 is 9.47 Å². The molecule has 152 valence electrons. The Morgan fingerprint density at radius 1 is 1.14 bits per heavy atom. The standard InChI is InChI=1S/C22H22FNO4S/c1-4-14(2)28-18-10-7-16(11-19(18)27-3)12-20-21(25)24(22(26)29-20)13-15-5-8-17(23)9-6-15/h5-12,14H,4,13H2,1-3H3/b20-12-/t14-/m0/s1. The molecule has 0 aromatic heterocycles. The Labute approximate surface area is 173 Å². The van der Waals surface area contributed by atoms with Gasteiger partial charge >= 0.3 is 0 Å². The highest BCUT2D eigenvalue weighted by Crippen LogP contribution is 2.35. The summed E-state index contributed by atoms with van der Waals surface area (Å²) >= 11 is 0.883. The number of thioether (sulfide) groups is 1. The van der Waals surface area contributed by atoms with Gasteiger partial charge in [-0.1, -0.05) is 25.1 Å². The van der Waals surface area contributed by atoms with Crippen LogP contribution in [0.1, 0.15) is 31.4 Å². The number of amides is 2. The van der Waals surface area contributed by atoms with Crippen molar-refractivity contribution < 1.29 is 23.5 Å². The van der Waals surface area contributed by atoms with Crippen LogP contribution in [0.3, 0.4) is 0 Å². The first kappa shape index (κ1) is 20.9. The summed E-state index contributed by atoms with van der Waals surface area (Å²) in [7, 11) is 1.55. The molecule has 0 N–H and O–H groups in total. The van der Waals surface area contributed by atoms with Crippen LogP contribution in [-0.4, -0.2) is 29.3 Å². The fraction of sp³-hybridized carbons (Fsp3) is 0.273. The minimum Gasteiger partial charge on any atom is -0.493 e. The molecule has 7 heteroatoms. The summed E-state index contributed by atoms with van der Waals surface area (Å²) in [5.74, 6) is 0.453. The van der Waals surface area contributed by atoms with E-state index >= 15 is 0 Å². The van der Waals surface area contributed by atoms with E-state index in [4.69, 9.17) is 9.47 Å². The Kier molecular flexibility index (Phi) is 6.59. The topological polar surface area (TPSA) is 55.8 Å². The van der Waals surface area contributed by atoms with Gasteiger partial charge in [0.25, 0.3) is 11.1 Å². The van der Waals surface area contributed by atoms with Gasteiger partial charge in [0.2, 0.25) is 0 Å². The van der Waals surface area contributed by atoms with E-state index in [1.54, 1.807) is 37.5 Å². The van der Waals surface area contributed by atoms with Gasteiger partial charge in [0.15, 0.2) is 11.5 Å². The van der Waals surface area contributed by atoms with Gasteiger partial charge in [0.1, 0.15) is 5.82 Å². The first-order valence-electron chi connectivity index (χ1n) is 9.25. The van der Waals surface area contributed by atoms with Crippen molar-refractivity contribution in [1.82, 2.24) is 4.90 Å². The van der Waals surface area contributed by atoms with Crippen molar-refractivity contribution in [3.05, 3.63) is 64.3 Å². The Morgan fingerprint density at radius 2 is 1.86 bits per heavy atom. The molecular weight excluding hydrogens is 393 g/mol. The zero-order valence-corrected chi connectivity index (χ0v) is 17.3. The largest absolute Gasteiger partial charge is 0.493 e. The van der Waals surface area contributed by atoms with E-state index in [2.05, 4.69) is 0 Å². The van der Waals surface area contributed by atoms with Gasteiger partial charge in [-0.25, -0.2) is 4.39 Å². The summed E-state index contributed by atoms with van der Waals surface area (Å²) < 4.78 is 24.3. The van der Waals surface area contributed by atoms with E-state index in [9.17, 15) is 14.0 Å². The number of nitrogens with zero attached hydrogens (tertiary/aromatic N) is 1. The Balaban J connectivity index is 1.79. The zero-order chi connectivity index (χ0) is 21.0. The van der Waals surface area contributed by atoms with Crippen LogP contribution in [0, 0.1) is 5.82 Å². The van der Waals surface area contributed by atoms with Crippen LogP contribution in [-0.2, 0) is 11.3 Å². The summed E-state index contributed by atoms with van der Waals surface area (Å²) in [5.41, 5.74) is 1.41. The lowest BCUT2D eigenvalue weighted by atomic mass is 10.1. The summed E-state index contributed by atoms with van der Waals surface area (Å²) in [5, 5.41) is -0.353. The number of carbonyl (C=O) groups excluding carboxylic acids is 2. The molecule has 1 fully saturated rings. The van der Waals surface area contributed by atoms with Crippen LogP contribution in [0.5, 0.6) is 11.5 Å². The highest BCUT2D eigenvalue weighted by molar-refractivity contribution is 8.18. The van der Waals surface area contributed by atoms with Gasteiger partial charge in [-0.3, -0.25) is 14.5 Å². The highest BCUT2D eigenvalue weighted by atomic mass is 32.2. The normalized spacial score (nSPS) is 16.4. The maximum Gasteiger partial charge on any atom is 0.293 e. The maximum atomic E-state index is 13.1. The number of methoxy groups -OCH3 is 1. The van der Waals surface area contributed by atoms with E-state index in [1.807, 2.05) is 19.9 Å². The zero-order valence-electron chi connectivity index (χ0n) is 16.5. The van der Waals surface area contributed by atoms with Crippen molar-refractivity contribution in [2.24, 2.45) is 0 Å².